The van der Waals surface area contributed by atoms with E-state index in [1.165, 1.54) is 7.11 Å². The van der Waals surface area contributed by atoms with E-state index in [4.69, 9.17) is 0 Å². The number of esters is 1. The molecule has 1 aromatic rings. The highest BCUT2D eigenvalue weighted by molar-refractivity contribution is 5.70. The molecule has 1 aromatic carbocycles. The van der Waals surface area contributed by atoms with Crippen LogP contribution >= 0.6 is 0 Å². The van der Waals surface area contributed by atoms with Crippen LogP contribution in [0.2, 0.25) is 0 Å². The molecule has 19 heavy (non-hydrogen) atoms. The lowest BCUT2D eigenvalue weighted by Crippen LogP contribution is -2.32. The van der Waals surface area contributed by atoms with E-state index >= 15 is 0 Å². The summed E-state index contributed by atoms with van der Waals surface area (Å²) < 4.78 is 44.2. The third-order valence-corrected chi connectivity index (χ3v) is 3.82. The van der Waals surface area contributed by atoms with Crippen LogP contribution in [0.15, 0.2) is 30.3 Å². The van der Waals surface area contributed by atoms with Crippen molar-refractivity contribution in [3.8, 4) is 0 Å². The second kappa shape index (κ2) is 4.87. The Kier molecular flexibility index (Phi) is 3.56. The highest BCUT2D eigenvalue weighted by atomic mass is 19.4. The van der Waals surface area contributed by atoms with Gasteiger partial charge in [0.05, 0.1) is 18.9 Å². The minimum atomic E-state index is -4.29. The van der Waals surface area contributed by atoms with Gasteiger partial charge in [-0.05, 0) is 18.4 Å². The maximum Gasteiger partial charge on any atom is 0.395 e. The van der Waals surface area contributed by atoms with Gasteiger partial charge in [0.15, 0.2) is 0 Å². The lowest BCUT2D eigenvalue weighted by Gasteiger charge is -2.28. The van der Waals surface area contributed by atoms with E-state index in [1.807, 2.05) is 0 Å². The highest BCUT2D eigenvalue weighted by Crippen LogP contribution is 2.66. The molecule has 1 aliphatic rings. The number of hydrogen-bond acceptors (Lipinski definition) is 2. The highest BCUT2D eigenvalue weighted by Gasteiger charge is 2.67. The zero-order valence-electron chi connectivity index (χ0n) is 10.5. The van der Waals surface area contributed by atoms with Gasteiger partial charge < -0.3 is 4.74 Å². The maximum atomic E-state index is 13.2. The number of ether oxygens (including phenoxy) is 1. The molecule has 2 nitrogen and oxygen atoms in total. The minimum absolute atomic E-state index is 0.0764. The van der Waals surface area contributed by atoms with Gasteiger partial charge >= 0.3 is 12.1 Å². The molecule has 1 atom stereocenters. The van der Waals surface area contributed by atoms with Crippen LogP contribution in [0.3, 0.4) is 0 Å². The number of halogens is 3. The minimum Gasteiger partial charge on any atom is -0.469 e. The molecule has 0 spiro atoms. The molecule has 0 aliphatic heterocycles. The molecule has 2 rings (SSSR count). The molecule has 0 heterocycles. The smallest absolute Gasteiger partial charge is 0.395 e. The van der Waals surface area contributed by atoms with Crippen LogP contribution in [0, 0.1) is 5.41 Å². The largest absolute Gasteiger partial charge is 0.469 e. The predicted octanol–water partition coefficient (Wildman–Crippen LogP) is 3.68. The third kappa shape index (κ3) is 2.60. The first-order chi connectivity index (χ1) is 8.90. The summed E-state index contributed by atoms with van der Waals surface area (Å²) >= 11 is 0. The number of carbonyl (C=O) groups excluding carboxylic acids is 1. The average molecular weight is 272 g/mol. The van der Waals surface area contributed by atoms with Crippen molar-refractivity contribution >= 4 is 5.97 Å². The fraction of sp³-hybridized carbons (Fsp3) is 0.500. The molecule has 0 saturated heterocycles. The second-order valence-electron chi connectivity index (χ2n) is 4.90. The summed E-state index contributed by atoms with van der Waals surface area (Å²) in [5, 5.41) is 0. The number of benzene rings is 1. The summed E-state index contributed by atoms with van der Waals surface area (Å²) in [5.74, 6) is -1.47. The Morgan fingerprint density at radius 1 is 1.32 bits per heavy atom. The van der Waals surface area contributed by atoms with Crippen LogP contribution in [0.25, 0.3) is 0 Å². The Hall–Kier alpha value is -1.52. The Labute approximate surface area is 109 Å². The molecule has 1 fully saturated rings. The molecule has 0 radical (unpaired) electrons. The fourth-order valence-electron chi connectivity index (χ4n) is 2.53. The molecule has 0 bridgehead atoms. The zero-order valence-corrected chi connectivity index (χ0v) is 10.5. The van der Waals surface area contributed by atoms with E-state index < -0.39 is 23.5 Å². The SMILES string of the molecule is COC(=O)C[C@@H](c1ccccc1)C1(C(F)(F)F)CC1. The van der Waals surface area contributed by atoms with Crippen LogP contribution in [0.5, 0.6) is 0 Å². The summed E-state index contributed by atoms with van der Waals surface area (Å²) in [4.78, 5) is 11.4. The van der Waals surface area contributed by atoms with Crippen LogP contribution in [0.4, 0.5) is 13.2 Å². The van der Waals surface area contributed by atoms with Gasteiger partial charge in [0.25, 0.3) is 0 Å². The number of alkyl halides is 3. The molecule has 5 heteroatoms. The Morgan fingerprint density at radius 2 is 1.89 bits per heavy atom. The van der Waals surface area contributed by atoms with Crippen molar-refractivity contribution in [2.45, 2.75) is 31.4 Å². The van der Waals surface area contributed by atoms with Crippen LogP contribution in [-0.4, -0.2) is 19.3 Å². The van der Waals surface area contributed by atoms with Gasteiger partial charge in [-0.15, -0.1) is 0 Å². The van der Waals surface area contributed by atoms with E-state index in [0.717, 1.165) is 0 Å². The van der Waals surface area contributed by atoms with E-state index in [1.54, 1.807) is 30.3 Å². The normalized spacial score (nSPS) is 18.7. The first kappa shape index (κ1) is 13.9. The average Bonchev–Trinajstić information content (AvgIpc) is 3.17. The molecule has 0 amide bonds. The quantitative estimate of drug-likeness (QED) is 0.782. The van der Waals surface area contributed by atoms with Crippen LogP contribution in [0.1, 0.15) is 30.7 Å². The summed E-state index contributed by atoms with van der Waals surface area (Å²) in [6, 6.07) is 8.39. The monoisotopic (exact) mass is 272 g/mol. The molecular weight excluding hydrogens is 257 g/mol. The first-order valence-electron chi connectivity index (χ1n) is 6.09. The lowest BCUT2D eigenvalue weighted by molar-refractivity contribution is -0.195. The standard InChI is InChI=1S/C14H15F3O2/c1-19-12(18)9-11(10-5-3-2-4-6-10)13(7-8-13)14(15,16)17/h2-6,11H,7-9H2,1H3/t11-/m0/s1. The molecule has 104 valence electrons. The molecule has 0 N–H and O–H groups in total. The molecular formula is C14H15F3O2. The van der Waals surface area contributed by atoms with Gasteiger partial charge in [-0.1, -0.05) is 30.3 Å². The maximum absolute atomic E-state index is 13.2. The van der Waals surface area contributed by atoms with E-state index in [2.05, 4.69) is 4.74 Å². The van der Waals surface area contributed by atoms with Crippen molar-refractivity contribution in [2.24, 2.45) is 5.41 Å². The summed E-state index contributed by atoms with van der Waals surface area (Å²) in [6.07, 6.45) is -4.37. The van der Waals surface area contributed by atoms with Gasteiger partial charge in [0.2, 0.25) is 0 Å². The Balaban J connectivity index is 2.33. The van der Waals surface area contributed by atoms with Crippen molar-refractivity contribution in [1.29, 1.82) is 0 Å². The van der Waals surface area contributed by atoms with Crippen molar-refractivity contribution in [2.75, 3.05) is 7.11 Å². The predicted molar refractivity (Wildman–Crippen MR) is 63.5 cm³/mol. The van der Waals surface area contributed by atoms with E-state index in [0.29, 0.717) is 5.56 Å². The molecule has 0 aromatic heterocycles. The van der Waals surface area contributed by atoms with Crippen molar-refractivity contribution in [3.05, 3.63) is 35.9 Å². The number of carbonyl (C=O) groups is 1. The van der Waals surface area contributed by atoms with Crippen molar-refractivity contribution in [1.82, 2.24) is 0 Å². The lowest BCUT2D eigenvalue weighted by atomic mass is 9.80. The summed E-state index contributed by atoms with van der Waals surface area (Å²) in [5.41, 5.74) is -1.22. The van der Waals surface area contributed by atoms with Crippen LogP contribution in [-0.2, 0) is 9.53 Å². The third-order valence-electron chi connectivity index (χ3n) is 3.82. The first-order valence-corrected chi connectivity index (χ1v) is 6.09. The fourth-order valence-corrected chi connectivity index (χ4v) is 2.53. The topological polar surface area (TPSA) is 26.3 Å². The summed E-state index contributed by atoms with van der Waals surface area (Å²) in [7, 11) is 1.19. The van der Waals surface area contributed by atoms with Gasteiger partial charge in [-0.2, -0.15) is 13.2 Å². The van der Waals surface area contributed by atoms with Gasteiger partial charge in [0.1, 0.15) is 0 Å². The Morgan fingerprint density at radius 3 is 2.32 bits per heavy atom. The number of rotatable bonds is 4. The number of methoxy groups -OCH3 is 1. The zero-order chi connectivity index (χ0) is 14.1. The molecule has 1 saturated carbocycles. The Bertz CT molecular complexity index is 450. The van der Waals surface area contributed by atoms with Crippen molar-refractivity contribution < 1.29 is 22.7 Å². The summed E-state index contributed by atoms with van der Waals surface area (Å²) in [6.45, 7) is 0. The van der Waals surface area contributed by atoms with Crippen LogP contribution < -0.4 is 0 Å². The van der Waals surface area contributed by atoms with E-state index in [-0.39, 0.29) is 19.3 Å². The van der Waals surface area contributed by atoms with Gasteiger partial charge in [-0.3, -0.25) is 4.79 Å². The molecule has 0 unspecified atom stereocenters. The molecule has 1 aliphatic carbocycles. The van der Waals surface area contributed by atoms with Gasteiger partial charge in [0, 0.05) is 5.92 Å². The second-order valence-corrected chi connectivity index (χ2v) is 4.90. The van der Waals surface area contributed by atoms with E-state index in [9.17, 15) is 18.0 Å². The van der Waals surface area contributed by atoms with Gasteiger partial charge in [-0.25, -0.2) is 0 Å². The number of hydrogen-bond donors (Lipinski definition) is 0. The van der Waals surface area contributed by atoms with Crippen molar-refractivity contribution in [3.63, 3.8) is 0 Å².